The van der Waals surface area contributed by atoms with E-state index in [0.717, 1.165) is 29.0 Å². The monoisotopic (exact) mass is 587 g/mol. The SMILES string of the molecule is CCCCCCCCCCCCCCc1sc(NC(=O)c2c(O)c3ccccc3n(CC)c2=O)nc1-c1ccccc1. The maximum Gasteiger partial charge on any atom is 0.267 e. The molecule has 0 saturated carbocycles. The lowest BCUT2D eigenvalue weighted by molar-refractivity contribution is 0.102. The van der Waals surface area contributed by atoms with Gasteiger partial charge in [0.2, 0.25) is 0 Å². The van der Waals surface area contributed by atoms with Gasteiger partial charge in [-0.1, -0.05) is 120 Å². The van der Waals surface area contributed by atoms with Crippen molar-refractivity contribution in [1.29, 1.82) is 0 Å². The molecule has 4 aromatic rings. The molecule has 2 N–H and O–H groups in total. The standard InChI is InChI=1S/C35H45N3O3S/c1-3-5-6-7-8-9-10-11-12-13-14-18-25-29-31(26-21-16-15-17-22-26)36-35(42-29)37-33(40)30-32(39)27-23-19-20-24-28(27)38(4-2)34(30)41/h15-17,19-24,39H,3-14,18,25H2,1-2H3,(H,36,37,40). The third-order valence-corrected chi connectivity index (χ3v) is 8.94. The zero-order chi connectivity index (χ0) is 29.7. The minimum absolute atomic E-state index is 0.255. The van der Waals surface area contributed by atoms with Crippen molar-refractivity contribution in [3.05, 3.63) is 75.4 Å². The van der Waals surface area contributed by atoms with Gasteiger partial charge in [-0.15, -0.1) is 11.3 Å². The van der Waals surface area contributed by atoms with Crippen LogP contribution in [0.2, 0.25) is 0 Å². The van der Waals surface area contributed by atoms with Crippen LogP contribution in [-0.2, 0) is 13.0 Å². The molecule has 0 spiro atoms. The molecule has 6 nitrogen and oxygen atoms in total. The van der Waals surface area contributed by atoms with E-state index in [1.165, 1.54) is 86.5 Å². The van der Waals surface area contributed by atoms with E-state index in [4.69, 9.17) is 4.98 Å². The lowest BCUT2D eigenvalue weighted by atomic mass is 10.0. The molecule has 1 amide bonds. The van der Waals surface area contributed by atoms with Gasteiger partial charge in [-0.25, -0.2) is 4.98 Å². The fourth-order valence-electron chi connectivity index (χ4n) is 5.59. The van der Waals surface area contributed by atoms with Crippen LogP contribution in [-0.4, -0.2) is 20.6 Å². The molecule has 0 atom stereocenters. The number of fused-ring (bicyclic) bond motifs is 1. The van der Waals surface area contributed by atoms with Crippen molar-refractivity contribution in [3.8, 4) is 17.0 Å². The number of hydrogen-bond donors (Lipinski definition) is 2. The van der Waals surface area contributed by atoms with Crippen LogP contribution < -0.4 is 10.9 Å². The number of aromatic nitrogens is 2. The van der Waals surface area contributed by atoms with Gasteiger partial charge in [-0.2, -0.15) is 0 Å². The average Bonchev–Trinajstić information content (AvgIpc) is 3.40. The van der Waals surface area contributed by atoms with Crippen molar-refractivity contribution in [2.24, 2.45) is 0 Å². The number of carbonyl (C=O) groups excluding carboxylic acids is 1. The van der Waals surface area contributed by atoms with Crippen LogP contribution in [0, 0.1) is 0 Å². The number of aromatic hydroxyl groups is 1. The number of carbonyl (C=O) groups is 1. The number of hydrogen-bond acceptors (Lipinski definition) is 5. The van der Waals surface area contributed by atoms with E-state index >= 15 is 0 Å². The first kappa shape index (κ1) is 31.5. The van der Waals surface area contributed by atoms with Gasteiger partial charge in [0.25, 0.3) is 11.5 Å². The van der Waals surface area contributed by atoms with Crippen LogP contribution in [0.25, 0.3) is 22.2 Å². The normalized spacial score (nSPS) is 11.3. The van der Waals surface area contributed by atoms with E-state index < -0.39 is 11.5 Å². The molecule has 0 radical (unpaired) electrons. The van der Waals surface area contributed by atoms with Gasteiger partial charge in [0, 0.05) is 22.4 Å². The number of unbranched alkanes of at least 4 members (excludes halogenated alkanes) is 11. The molecule has 2 heterocycles. The summed E-state index contributed by atoms with van der Waals surface area (Å²) in [7, 11) is 0. The van der Waals surface area contributed by atoms with E-state index in [9.17, 15) is 14.7 Å². The second-order valence-electron chi connectivity index (χ2n) is 11.0. The zero-order valence-corrected chi connectivity index (χ0v) is 26.0. The highest BCUT2D eigenvalue weighted by atomic mass is 32.1. The summed E-state index contributed by atoms with van der Waals surface area (Å²) in [5.74, 6) is -0.940. The Labute approximate surface area is 253 Å². The van der Waals surface area contributed by atoms with E-state index in [1.54, 1.807) is 18.2 Å². The number of amides is 1. The van der Waals surface area contributed by atoms with Crippen LogP contribution in [0.5, 0.6) is 5.75 Å². The molecule has 2 aromatic carbocycles. The van der Waals surface area contributed by atoms with Crippen molar-refractivity contribution in [3.63, 3.8) is 0 Å². The maximum absolute atomic E-state index is 13.4. The highest BCUT2D eigenvalue weighted by Gasteiger charge is 2.23. The average molecular weight is 588 g/mol. The van der Waals surface area contributed by atoms with Crippen molar-refractivity contribution in [1.82, 2.24) is 9.55 Å². The number of thiazole rings is 1. The van der Waals surface area contributed by atoms with Crippen LogP contribution in [0.1, 0.15) is 106 Å². The minimum Gasteiger partial charge on any atom is -0.506 e. The van der Waals surface area contributed by atoms with Crippen molar-refractivity contribution >= 4 is 33.3 Å². The summed E-state index contributed by atoms with van der Waals surface area (Å²) in [6, 6.07) is 17.1. The summed E-state index contributed by atoms with van der Waals surface area (Å²) in [5, 5.41) is 14.7. The predicted octanol–water partition coefficient (Wildman–Crippen LogP) is 9.35. The number of pyridine rings is 1. The van der Waals surface area contributed by atoms with E-state index in [-0.39, 0.29) is 11.3 Å². The third-order valence-electron chi connectivity index (χ3n) is 7.91. The first-order chi connectivity index (χ1) is 20.5. The Morgan fingerprint density at radius 3 is 2.07 bits per heavy atom. The summed E-state index contributed by atoms with van der Waals surface area (Å²) in [4.78, 5) is 32.5. The summed E-state index contributed by atoms with van der Waals surface area (Å²) in [6.45, 7) is 4.50. The fraction of sp³-hybridized carbons (Fsp3) is 0.457. The Morgan fingerprint density at radius 1 is 0.833 bits per heavy atom. The predicted molar refractivity (Wildman–Crippen MR) is 176 cm³/mol. The first-order valence-electron chi connectivity index (χ1n) is 15.8. The van der Waals surface area contributed by atoms with Gasteiger partial charge >= 0.3 is 0 Å². The summed E-state index contributed by atoms with van der Waals surface area (Å²) in [5.41, 5.74) is 1.71. The second-order valence-corrected chi connectivity index (χ2v) is 12.1. The van der Waals surface area contributed by atoms with Crippen molar-refractivity contribution < 1.29 is 9.90 Å². The Kier molecular flexibility index (Phi) is 12.2. The fourth-order valence-corrected chi connectivity index (χ4v) is 6.61. The lowest BCUT2D eigenvalue weighted by Gasteiger charge is -2.13. The van der Waals surface area contributed by atoms with Gasteiger partial charge in [0.1, 0.15) is 11.3 Å². The second kappa shape index (κ2) is 16.3. The third kappa shape index (κ3) is 8.09. The zero-order valence-electron chi connectivity index (χ0n) is 25.2. The number of benzene rings is 2. The van der Waals surface area contributed by atoms with Crippen LogP contribution in [0.3, 0.4) is 0 Å². The Morgan fingerprint density at radius 2 is 1.43 bits per heavy atom. The molecule has 0 unspecified atom stereocenters. The van der Waals surface area contributed by atoms with E-state index in [1.807, 2.05) is 43.3 Å². The van der Waals surface area contributed by atoms with Crippen molar-refractivity contribution in [2.45, 2.75) is 104 Å². The minimum atomic E-state index is -0.643. The van der Waals surface area contributed by atoms with Gasteiger partial charge in [-0.3, -0.25) is 14.9 Å². The van der Waals surface area contributed by atoms with Gasteiger partial charge in [0.15, 0.2) is 5.13 Å². The Hall–Kier alpha value is -3.45. The van der Waals surface area contributed by atoms with Crippen LogP contribution in [0.4, 0.5) is 5.13 Å². The molecule has 224 valence electrons. The largest absolute Gasteiger partial charge is 0.506 e. The number of rotatable bonds is 17. The highest BCUT2D eigenvalue weighted by molar-refractivity contribution is 7.16. The molecule has 42 heavy (non-hydrogen) atoms. The van der Waals surface area contributed by atoms with Gasteiger partial charge in [0.05, 0.1) is 11.2 Å². The molecular weight excluding hydrogens is 542 g/mol. The summed E-state index contributed by atoms with van der Waals surface area (Å²) in [6.07, 6.45) is 16.5. The Balaban J connectivity index is 1.40. The summed E-state index contributed by atoms with van der Waals surface area (Å²) < 4.78 is 1.51. The molecule has 0 bridgehead atoms. The summed E-state index contributed by atoms with van der Waals surface area (Å²) >= 11 is 1.45. The van der Waals surface area contributed by atoms with E-state index in [2.05, 4.69) is 12.2 Å². The molecule has 0 aliphatic rings. The van der Waals surface area contributed by atoms with E-state index in [0.29, 0.717) is 22.6 Å². The first-order valence-corrected chi connectivity index (χ1v) is 16.6. The molecule has 4 rings (SSSR count). The maximum atomic E-state index is 13.4. The lowest BCUT2D eigenvalue weighted by Crippen LogP contribution is -2.29. The molecule has 0 fully saturated rings. The smallest absolute Gasteiger partial charge is 0.267 e. The highest BCUT2D eigenvalue weighted by Crippen LogP contribution is 2.34. The van der Waals surface area contributed by atoms with Crippen LogP contribution in [0.15, 0.2) is 59.4 Å². The molecule has 0 aliphatic carbocycles. The quantitative estimate of drug-likeness (QED) is 0.121. The van der Waals surface area contributed by atoms with Gasteiger partial charge < -0.3 is 9.67 Å². The number of nitrogens with zero attached hydrogens (tertiary/aromatic N) is 2. The molecule has 0 aliphatic heterocycles. The van der Waals surface area contributed by atoms with Crippen LogP contribution >= 0.6 is 11.3 Å². The Bertz CT molecular complexity index is 1490. The topological polar surface area (TPSA) is 84.2 Å². The molecular formula is C35H45N3O3S. The van der Waals surface area contributed by atoms with Gasteiger partial charge in [-0.05, 0) is 31.9 Å². The molecule has 2 aromatic heterocycles. The van der Waals surface area contributed by atoms with Crippen molar-refractivity contribution in [2.75, 3.05) is 5.32 Å². The number of aryl methyl sites for hydroxylation is 2. The number of nitrogens with one attached hydrogen (secondary N) is 1. The number of para-hydroxylation sites is 1. The molecule has 0 saturated heterocycles. The molecule has 7 heteroatoms. The number of anilines is 1.